The third-order valence-electron chi connectivity index (χ3n) is 2.69. The molecule has 0 spiro atoms. The highest BCUT2D eigenvalue weighted by molar-refractivity contribution is 7.80. The smallest absolute Gasteiger partial charge is 0.246 e. The van der Waals surface area contributed by atoms with Gasteiger partial charge in [-0.2, -0.15) is 5.10 Å². The van der Waals surface area contributed by atoms with Crippen LogP contribution in [0.1, 0.15) is 17.2 Å². The van der Waals surface area contributed by atoms with Crippen LogP contribution in [0.15, 0.2) is 24.3 Å². The summed E-state index contributed by atoms with van der Waals surface area (Å²) in [7, 11) is 0. The molecule has 6 nitrogen and oxygen atoms in total. The zero-order chi connectivity index (χ0) is 14.7. The van der Waals surface area contributed by atoms with Crippen LogP contribution < -0.4 is 11.1 Å². The van der Waals surface area contributed by atoms with Gasteiger partial charge in [0.25, 0.3) is 0 Å². The molecule has 20 heavy (non-hydrogen) atoms. The van der Waals surface area contributed by atoms with E-state index in [4.69, 9.17) is 18.0 Å². The van der Waals surface area contributed by atoms with E-state index in [1.165, 1.54) is 0 Å². The maximum absolute atomic E-state index is 12.0. The second-order valence-corrected chi connectivity index (χ2v) is 4.80. The van der Waals surface area contributed by atoms with Gasteiger partial charge in [0, 0.05) is 11.3 Å². The van der Waals surface area contributed by atoms with Crippen LogP contribution in [-0.2, 0) is 11.3 Å². The second kappa shape index (κ2) is 5.79. The Morgan fingerprint density at radius 1 is 1.45 bits per heavy atom. The number of anilines is 1. The number of rotatable bonds is 4. The standard InChI is InChI=1S/C13H15N5OS/c1-8-15-9(2)18(17-8)7-12(19)16-11-5-3-4-10(6-11)13(14)20/h3-6H,7H2,1-2H3,(H2,14,20)(H,16,19). The first-order valence-corrected chi connectivity index (χ1v) is 6.44. The largest absolute Gasteiger partial charge is 0.389 e. The molecule has 0 saturated carbocycles. The Bertz CT molecular complexity index is 665. The van der Waals surface area contributed by atoms with Crippen molar-refractivity contribution in [3.8, 4) is 0 Å². The van der Waals surface area contributed by atoms with Gasteiger partial charge < -0.3 is 11.1 Å². The van der Waals surface area contributed by atoms with Crippen molar-refractivity contribution < 1.29 is 4.79 Å². The Kier molecular flexibility index (Phi) is 4.09. The van der Waals surface area contributed by atoms with Crippen LogP contribution in [0.5, 0.6) is 0 Å². The number of aromatic nitrogens is 3. The average molecular weight is 289 g/mol. The molecular weight excluding hydrogens is 274 g/mol. The van der Waals surface area contributed by atoms with E-state index in [-0.39, 0.29) is 12.5 Å². The fourth-order valence-electron chi connectivity index (χ4n) is 1.80. The van der Waals surface area contributed by atoms with Crippen molar-refractivity contribution in [2.45, 2.75) is 20.4 Å². The van der Waals surface area contributed by atoms with Gasteiger partial charge in [-0.3, -0.25) is 4.79 Å². The lowest BCUT2D eigenvalue weighted by Crippen LogP contribution is -2.20. The van der Waals surface area contributed by atoms with Gasteiger partial charge in [-0.15, -0.1) is 0 Å². The SMILES string of the molecule is Cc1nc(C)n(CC(=O)Nc2cccc(C(N)=S)c2)n1. The van der Waals surface area contributed by atoms with Crippen molar-refractivity contribution in [1.29, 1.82) is 0 Å². The first kappa shape index (κ1) is 14.1. The maximum Gasteiger partial charge on any atom is 0.246 e. The third kappa shape index (κ3) is 3.39. The summed E-state index contributed by atoms with van der Waals surface area (Å²) in [6.45, 7) is 3.71. The van der Waals surface area contributed by atoms with Crippen LogP contribution >= 0.6 is 12.2 Å². The number of nitrogens with one attached hydrogen (secondary N) is 1. The number of aryl methyl sites for hydroxylation is 2. The molecule has 1 aromatic heterocycles. The van der Waals surface area contributed by atoms with Gasteiger partial charge in [-0.25, -0.2) is 9.67 Å². The Hall–Kier alpha value is -2.28. The lowest BCUT2D eigenvalue weighted by atomic mass is 10.2. The van der Waals surface area contributed by atoms with Crippen LogP contribution in [0.25, 0.3) is 0 Å². The highest BCUT2D eigenvalue weighted by Crippen LogP contribution is 2.10. The zero-order valence-corrected chi connectivity index (χ0v) is 12.1. The summed E-state index contributed by atoms with van der Waals surface area (Å²) in [6, 6.07) is 7.09. The molecule has 1 amide bonds. The molecule has 0 atom stereocenters. The molecule has 7 heteroatoms. The van der Waals surface area contributed by atoms with Gasteiger partial charge in [0.15, 0.2) is 0 Å². The molecule has 1 aromatic carbocycles. The monoisotopic (exact) mass is 289 g/mol. The zero-order valence-electron chi connectivity index (χ0n) is 11.3. The quantitative estimate of drug-likeness (QED) is 0.825. The molecule has 0 radical (unpaired) electrons. The van der Waals surface area contributed by atoms with Crippen molar-refractivity contribution in [2.75, 3.05) is 5.32 Å². The Morgan fingerprint density at radius 2 is 2.20 bits per heavy atom. The first-order valence-electron chi connectivity index (χ1n) is 6.03. The Balaban J connectivity index is 2.06. The maximum atomic E-state index is 12.0. The fraction of sp³-hybridized carbons (Fsp3) is 0.231. The number of nitrogens with two attached hydrogens (primary N) is 1. The van der Waals surface area contributed by atoms with Gasteiger partial charge in [-0.05, 0) is 26.0 Å². The molecule has 3 N–H and O–H groups in total. The molecule has 0 bridgehead atoms. The van der Waals surface area contributed by atoms with E-state index >= 15 is 0 Å². The summed E-state index contributed by atoms with van der Waals surface area (Å²) in [5.74, 6) is 1.17. The van der Waals surface area contributed by atoms with Crippen LogP contribution in [0, 0.1) is 13.8 Å². The summed E-state index contributed by atoms with van der Waals surface area (Å²) in [5, 5.41) is 6.92. The molecule has 0 aliphatic carbocycles. The van der Waals surface area contributed by atoms with Gasteiger partial charge in [0.1, 0.15) is 23.2 Å². The van der Waals surface area contributed by atoms with Crippen LogP contribution in [-0.4, -0.2) is 25.7 Å². The fourth-order valence-corrected chi connectivity index (χ4v) is 1.92. The van der Waals surface area contributed by atoms with E-state index in [0.29, 0.717) is 27.9 Å². The van der Waals surface area contributed by atoms with E-state index < -0.39 is 0 Å². The minimum Gasteiger partial charge on any atom is -0.389 e. The highest BCUT2D eigenvalue weighted by Gasteiger charge is 2.09. The second-order valence-electron chi connectivity index (χ2n) is 4.36. The van der Waals surface area contributed by atoms with Crippen LogP contribution in [0.2, 0.25) is 0 Å². The predicted octanol–water partition coefficient (Wildman–Crippen LogP) is 1.17. The molecule has 1 heterocycles. The molecule has 0 aliphatic rings. The Labute approximate surface area is 122 Å². The average Bonchev–Trinajstić information content (AvgIpc) is 2.67. The molecule has 2 aromatic rings. The minimum absolute atomic E-state index is 0.115. The van der Waals surface area contributed by atoms with Crippen molar-refractivity contribution in [3.05, 3.63) is 41.5 Å². The normalized spacial score (nSPS) is 10.3. The number of benzene rings is 1. The first-order chi connectivity index (χ1) is 9.45. The molecule has 2 rings (SSSR count). The van der Waals surface area contributed by atoms with Gasteiger partial charge >= 0.3 is 0 Å². The van der Waals surface area contributed by atoms with E-state index in [0.717, 1.165) is 0 Å². The van der Waals surface area contributed by atoms with E-state index in [2.05, 4.69) is 15.4 Å². The van der Waals surface area contributed by atoms with E-state index in [9.17, 15) is 4.79 Å². The molecule has 0 fully saturated rings. The topological polar surface area (TPSA) is 85.8 Å². The lowest BCUT2D eigenvalue weighted by molar-refractivity contribution is -0.116. The van der Waals surface area contributed by atoms with E-state index in [1.807, 2.05) is 0 Å². The summed E-state index contributed by atoms with van der Waals surface area (Å²) >= 11 is 4.90. The number of carbonyl (C=O) groups is 1. The number of amides is 1. The van der Waals surface area contributed by atoms with Crippen molar-refractivity contribution in [1.82, 2.24) is 14.8 Å². The van der Waals surface area contributed by atoms with Crippen LogP contribution in [0.3, 0.4) is 0 Å². The Morgan fingerprint density at radius 3 is 2.80 bits per heavy atom. The van der Waals surface area contributed by atoms with Crippen molar-refractivity contribution in [2.24, 2.45) is 5.73 Å². The van der Waals surface area contributed by atoms with E-state index in [1.54, 1.807) is 42.8 Å². The summed E-state index contributed by atoms with van der Waals surface area (Å²) in [6.07, 6.45) is 0. The number of thiocarbonyl (C=S) groups is 1. The molecular formula is C13H15N5OS. The lowest BCUT2D eigenvalue weighted by Gasteiger charge is -2.07. The number of carbonyl (C=O) groups excluding carboxylic acids is 1. The minimum atomic E-state index is -0.182. The number of hydrogen-bond donors (Lipinski definition) is 2. The molecule has 104 valence electrons. The summed E-state index contributed by atoms with van der Waals surface area (Å²) in [5.41, 5.74) is 6.92. The van der Waals surface area contributed by atoms with Gasteiger partial charge in [0.05, 0.1) is 0 Å². The highest BCUT2D eigenvalue weighted by atomic mass is 32.1. The van der Waals surface area contributed by atoms with Crippen molar-refractivity contribution in [3.63, 3.8) is 0 Å². The summed E-state index contributed by atoms with van der Waals surface area (Å²) in [4.78, 5) is 16.4. The summed E-state index contributed by atoms with van der Waals surface area (Å²) < 4.78 is 1.56. The number of nitrogens with zero attached hydrogens (tertiary/aromatic N) is 3. The number of hydrogen-bond acceptors (Lipinski definition) is 4. The molecule has 0 unspecified atom stereocenters. The predicted molar refractivity (Wildman–Crippen MR) is 80.5 cm³/mol. The molecule has 0 aliphatic heterocycles. The van der Waals surface area contributed by atoms with Gasteiger partial charge in [0.2, 0.25) is 5.91 Å². The van der Waals surface area contributed by atoms with Crippen LogP contribution in [0.4, 0.5) is 5.69 Å². The third-order valence-corrected chi connectivity index (χ3v) is 2.92. The van der Waals surface area contributed by atoms with Crippen molar-refractivity contribution >= 4 is 28.8 Å². The van der Waals surface area contributed by atoms with Gasteiger partial charge in [-0.1, -0.05) is 24.4 Å². The molecule has 0 saturated heterocycles.